The van der Waals surface area contributed by atoms with Gasteiger partial charge in [0.15, 0.2) is 0 Å². The summed E-state index contributed by atoms with van der Waals surface area (Å²) in [5.74, 6) is 0. The van der Waals surface area contributed by atoms with Crippen molar-refractivity contribution in [2.75, 3.05) is 11.9 Å². The highest BCUT2D eigenvalue weighted by Crippen LogP contribution is 2.26. The summed E-state index contributed by atoms with van der Waals surface area (Å²) in [5.41, 5.74) is 1.89. The Kier molecular flexibility index (Phi) is 3.05. The van der Waals surface area contributed by atoms with E-state index in [1.54, 1.807) is 12.1 Å². The summed E-state index contributed by atoms with van der Waals surface area (Å²) >= 11 is 0. The average molecular weight is 228 g/mol. The molecule has 2 aromatic rings. The van der Waals surface area contributed by atoms with Gasteiger partial charge in [-0.1, -0.05) is 24.3 Å². The molecule has 0 fully saturated rings. The maximum absolute atomic E-state index is 10.7. The molecule has 0 radical (unpaired) electrons. The predicted molar refractivity (Wildman–Crippen MR) is 67.6 cm³/mol. The molecule has 0 aromatic heterocycles. The molecule has 17 heavy (non-hydrogen) atoms. The largest absolute Gasteiger partial charge is 0.344 e. The van der Waals surface area contributed by atoms with Crippen LogP contribution in [0.4, 0.5) is 17.1 Å². The van der Waals surface area contributed by atoms with Crippen molar-refractivity contribution in [1.82, 2.24) is 0 Å². The minimum atomic E-state index is -0.387. The van der Waals surface area contributed by atoms with Crippen molar-refractivity contribution < 1.29 is 4.92 Å². The highest BCUT2D eigenvalue weighted by Gasteiger charge is 2.09. The standard InChI is InChI=1S/C13H12N2O2/c1-14(11-6-3-2-4-7-11)12-8-5-9-13(10-12)15(16)17/h2-10H,1H3. The summed E-state index contributed by atoms with van der Waals surface area (Å²) in [4.78, 5) is 12.2. The summed E-state index contributed by atoms with van der Waals surface area (Å²) in [6.45, 7) is 0. The molecule has 0 heterocycles. The van der Waals surface area contributed by atoms with E-state index >= 15 is 0 Å². The quantitative estimate of drug-likeness (QED) is 0.597. The minimum absolute atomic E-state index is 0.102. The van der Waals surface area contributed by atoms with Gasteiger partial charge >= 0.3 is 0 Å². The van der Waals surface area contributed by atoms with Gasteiger partial charge < -0.3 is 4.90 Å². The molecule has 0 saturated carbocycles. The van der Waals surface area contributed by atoms with Crippen molar-refractivity contribution in [3.8, 4) is 0 Å². The first kappa shape index (κ1) is 11.1. The normalized spacial score (nSPS) is 9.94. The Morgan fingerprint density at radius 3 is 2.29 bits per heavy atom. The van der Waals surface area contributed by atoms with Gasteiger partial charge in [0.1, 0.15) is 0 Å². The highest BCUT2D eigenvalue weighted by atomic mass is 16.6. The summed E-state index contributed by atoms with van der Waals surface area (Å²) in [6, 6.07) is 16.3. The van der Waals surface area contributed by atoms with E-state index in [1.165, 1.54) is 6.07 Å². The second-order valence-corrected chi connectivity index (χ2v) is 3.67. The Labute approximate surface area is 99.3 Å². The smallest absolute Gasteiger partial charge is 0.271 e. The number of hydrogen-bond acceptors (Lipinski definition) is 3. The van der Waals surface area contributed by atoms with Gasteiger partial charge in [-0.15, -0.1) is 0 Å². The van der Waals surface area contributed by atoms with Gasteiger partial charge in [-0.25, -0.2) is 0 Å². The number of para-hydroxylation sites is 1. The molecule has 0 aliphatic carbocycles. The van der Waals surface area contributed by atoms with E-state index in [-0.39, 0.29) is 10.6 Å². The maximum Gasteiger partial charge on any atom is 0.271 e. The van der Waals surface area contributed by atoms with Gasteiger partial charge in [-0.3, -0.25) is 10.1 Å². The van der Waals surface area contributed by atoms with Gasteiger partial charge in [0.05, 0.1) is 4.92 Å². The molecule has 2 rings (SSSR count). The van der Waals surface area contributed by atoms with Crippen LogP contribution in [0.25, 0.3) is 0 Å². The number of benzene rings is 2. The number of nitrogens with zero attached hydrogens (tertiary/aromatic N) is 2. The van der Waals surface area contributed by atoms with Crippen LogP contribution in [0.1, 0.15) is 0 Å². The molecule has 0 unspecified atom stereocenters. The molecule has 86 valence electrons. The van der Waals surface area contributed by atoms with Crippen LogP contribution < -0.4 is 4.90 Å². The molecule has 0 N–H and O–H groups in total. The average Bonchev–Trinajstić information content (AvgIpc) is 2.39. The Balaban J connectivity index is 2.34. The van der Waals surface area contributed by atoms with Crippen molar-refractivity contribution in [1.29, 1.82) is 0 Å². The zero-order valence-electron chi connectivity index (χ0n) is 9.41. The lowest BCUT2D eigenvalue weighted by Gasteiger charge is -2.18. The van der Waals surface area contributed by atoms with Crippen LogP contribution in [0.5, 0.6) is 0 Å². The van der Waals surface area contributed by atoms with Crippen molar-refractivity contribution >= 4 is 17.1 Å². The predicted octanol–water partition coefficient (Wildman–Crippen LogP) is 3.36. The van der Waals surface area contributed by atoms with E-state index in [0.29, 0.717) is 0 Å². The Morgan fingerprint density at radius 1 is 1.00 bits per heavy atom. The van der Waals surface area contributed by atoms with E-state index in [4.69, 9.17) is 0 Å². The number of nitro groups is 1. The van der Waals surface area contributed by atoms with Crippen LogP contribution in [0.2, 0.25) is 0 Å². The Hall–Kier alpha value is -2.36. The van der Waals surface area contributed by atoms with E-state index < -0.39 is 0 Å². The molecular weight excluding hydrogens is 216 g/mol. The third kappa shape index (κ3) is 2.42. The van der Waals surface area contributed by atoms with Crippen LogP contribution in [0.15, 0.2) is 54.6 Å². The summed E-state index contributed by atoms with van der Waals surface area (Å²) in [5, 5.41) is 10.7. The topological polar surface area (TPSA) is 46.4 Å². The fourth-order valence-electron chi connectivity index (χ4n) is 1.62. The molecule has 4 heteroatoms. The summed E-state index contributed by atoms with van der Waals surface area (Å²) in [6.07, 6.45) is 0. The van der Waals surface area contributed by atoms with Crippen LogP contribution in [0, 0.1) is 10.1 Å². The van der Waals surface area contributed by atoms with Gasteiger partial charge in [-0.2, -0.15) is 0 Å². The number of rotatable bonds is 3. The SMILES string of the molecule is CN(c1ccccc1)c1cccc([N+](=O)[O-])c1. The summed E-state index contributed by atoms with van der Waals surface area (Å²) < 4.78 is 0. The lowest BCUT2D eigenvalue weighted by atomic mass is 10.2. The monoisotopic (exact) mass is 228 g/mol. The van der Waals surface area contributed by atoms with Crippen LogP contribution in [0.3, 0.4) is 0 Å². The van der Waals surface area contributed by atoms with E-state index in [0.717, 1.165) is 11.4 Å². The number of hydrogen-bond donors (Lipinski definition) is 0. The van der Waals surface area contributed by atoms with Crippen LogP contribution in [-0.4, -0.2) is 12.0 Å². The van der Waals surface area contributed by atoms with Crippen molar-refractivity contribution in [2.24, 2.45) is 0 Å². The molecule has 0 amide bonds. The lowest BCUT2D eigenvalue weighted by molar-refractivity contribution is -0.384. The van der Waals surface area contributed by atoms with Gasteiger partial charge in [0.25, 0.3) is 5.69 Å². The maximum atomic E-state index is 10.7. The summed E-state index contributed by atoms with van der Waals surface area (Å²) in [7, 11) is 1.88. The minimum Gasteiger partial charge on any atom is -0.344 e. The second-order valence-electron chi connectivity index (χ2n) is 3.67. The van der Waals surface area contributed by atoms with Crippen molar-refractivity contribution in [3.05, 3.63) is 64.7 Å². The molecule has 4 nitrogen and oxygen atoms in total. The fourth-order valence-corrected chi connectivity index (χ4v) is 1.62. The third-order valence-electron chi connectivity index (χ3n) is 2.57. The van der Waals surface area contributed by atoms with Crippen molar-refractivity contribution in [2.45, 2.75) is 0 Å². The molecule has 0 saturated heterocycles. The molecule has 2 aromatic carbocycles. The first-order chi connectivity index (χ1) is 8.18. The number of nitro benzene ring substituents is 1. The zero-order valence-corrected chi connectivity index (χ0v) is 9.41. The van der Waals surface area contributed by atoms with E-state index in [2.05, 4.69) is 0 Å². The highest BCUT2D eigenvalue weighted by molar-refractivity contribution is 5.64. The Bertz CT molecular complexity index is 526. The van der Waals surface area contributed by atoms with Gasteiger partial charge in [0.2, 0.25) is 0 Å². The number of anilines is 2. The van der Waals surface area contributed by atoms with Gasteiger partial charge in [-0.05, 0) is 18.2 Å². The second kappa shape index (κ2) is 4.65. The first-order valence-electron chi connectivity index (χ1n) is 5.22. The first-order valence-corrected chi connectivity index (χ1v) is 5.22. The molecule has 0 aliphatic rings. The van der Waals surface area contributed by atoms with E-state index in [1.807, 2.05) is 48.3 Å². The fraction of sp³-hybridized carbons (Fsp3) is 0.0769. The molecular formula is C13H12N2O2. The third-order valence-corrected chi connectivity index (χ3v) is 2.57. The molecule has 0 aliphatic heterocycles. The molecule has 0 bridgehead atoms. The van der Waals surface area contributed by atoms with Gasteiger partial charge in [0, 0.05) is 30.6 Å². The van der Waals surface area contributed by atoms with Crippen molar-refractivity contribution in [3.63, 3.8) is 0 Å². The Morgan fingerprint density at radius 2 is 1.65 bits per heavy atom. The molecule has 0 spiro atoms. The zero-order chi connectivity index (χ0) is 12.3. The van der Waals surface area contributed by atoms with E-state index in [9.17, 15) is 10.1 Å². The molecule has 0 atom stereocenters. The lowest BCUT2D eigenvalue weighted by Crippen LogP contribution is -2.09. The van der Waals surface area contributed by atoms with Crippen LogP contribution in [-0.2, 0) is 0 Å². The van der Waals surface area contributed by atoms with Crippen LogP contribution >= 0.6 is 0 Å². The number of non-ortho nitro benzene ring substituents is 1.